The van der Waals surface area contributed by atoms with Crippen molar-refractivity contribution in [3.05, 3.63) is 23.3 Å². The van der Waals surface area contributed by atoms with Gasteiger partial charge in [-0.05, 0) is 37.5 Å². The zero-order valence-electron chi connectivity index (χ0n) is 10.7. The summed E-state index contributed by atoms with van der Waals surface area (Å²) in [7, 11) is 1.63. The van der Waals surface area contributed by atoms with Gasteiger partial charge in [0.2, 0.25) is 5.91 Å². The Morgan fingerprint density at radius 1 is 1.41 bits per heavy atom. The predicted molar refractivity (Wildman–Crippen MR) is 70.1 cm³/mol. The molecule has 0 fully saturated rings. The SMILES string of the molecule is COCCCC(=O)Nc1c(C)ccc(N)c1C. The molecule has 1 aromatic carbocycles. The van der Waals surface area contributed by atoms with Gasteiger partial charge < -0.3 is 15.8 Å². The van der Waals surface area contributed by atoms with Crippen LogP contribution in [0.4, 0.5) is 11.4 Å². The van der Waals surface area contributed by atoms with Crippen LogP contribution in [0, 0.1) is 13.8 Å². The summed E-state index contributed by atoms with van der Waals surface area (Å²) >= 11 is 0. The first-order valence-corrected chi connectivity index (χ1v) is 5.70. The number of aryl methyl sites for hydroxylation is 1. The van der Waals surface area contributed by atoms with Gasteiger partial charge in [0.25, 0.3) is 0 Å². The van der Waals surface area contributed by atoms with E-state index in [1.165, 1.54) is 0 Å². The largest absolute Gasteiger partial charge is 0.398 e. The van der Waals surface area contributed by atoms with Crippen LogP contribution in [0.25, 0.3) is 0 Å². The van der Waals surface area contributed by atoms with Crippen LogP contribution in [0.3, 0.4) is 0 Å². The highest BCUT2D eigenvalue weighted by atomic mass is 16.5. The number of hydrogen-bond donors (Lipinski definition) is 2. The molecule has 0 aliphatic rings. The van der Waals surface area contributed by atoms with Crippen molar-refractivity contribution in [3.63, 3.8) is 0 Å². The monoisotopic (exact) mass is 236 g/mol. The van der Waals surface area contributed by atoms with Crippen LogP contribution in [0.5, 0.6) is 0 Å². The molecule has 0 unspecified atom stereocenters. The van der Waals surface area contributed by atoms with Crippen LogP contribution in [-0.4, -0.2) is 19.6 Å². The Morgan fingerprint density at radius 3 is 2.76 bits per heavy atom. The smallest absolute Gasteiger partial charge is 0.224 e. The van der Waals surface area contributed by atoms with E-state index in [-0.39, 0.29) is 5.91 Å². The van der Waals surface area contributed by atoms with Gasteiger partial charge in [0, 0.05) is 31.5 Å². The molecule has 0 aromatic heterocycles. The first kappa shape index (κ1) is 13.5. The van der Waals surface area contributed by atoms with Crippen molar-refractivity contribution in [2.75, 3.05) is 24.8 Å². The zero-order valence-corrected chi connectivity index (χ0v) is 10.7. The van der Waals surface area contributed by atoms with Crippen LogP contribution in [0.1, 0.15) is 24.0 Å². The number of ether oxygens (including phenoxy) is 1. The maximum atomic E-state index is 11.7. The molecule has 1 aromatic rings. The Kier molecular flexibility index (Phi) is 4.97. The second kappa shape index (κ2) is 6.25. The molecule has 4 nitrogen and oxygen atoms in total. The third kappa shape index (κ3) is 3.75. The topological polar surface area (TPSA) is 64.3 Å². The minimum Gasteiger partial charge on any atom is -0.398 e. The van der Waals surface area contributed by atoms with Gasteiger partial charge in [-0.3, -0.25) is 4.79 Å². The van der Waals surface area contributed by atoms with E-state index in [9.17, 15) is 4.79 Å². The van der Waals surface area contributed by atoms with E-state index < -0.39 is 0 Å². The van der Waals surface area contributed by atoms with Gasteiger partial charge in [-0.15, -0.1) is 0 Å². The van der Waals surface area contributed by atoms with Gasteiger partial charge in [-0.1, -0.05) is 6.07 Å². The van der Waals surface area contributed by atoms with E-state index >= 15 is 0 Å². The Balaban J connectivity index is 2.68. The molecule has 4 heteroatoms. The van der Waals surface area contributed by atoms with E-state index in [0.29, 0.717) is 18.7 Å². The van der Waals surface area contributed by atoms with Crippen molar-refractivity contribution in [2.24, 2.45) is 0 Å². The highest BCUT2D eigenvalue weighted by Crippen LogP contribution is 2.25. The molecule has 0 saturated carbocycles. The number of benzene rings is 1. The maximum absolute atomic E-state index is 11.7. The summed E-state index contributed by atoms with van der Waals surface area (Å²) in [6, 6.07) is 3.76. The van der Waals surface area contributed by atoms with Crippen molar-refractivity contribution in [3.8, 4) is 0 Å². The summed E-state index contributed by atoms with van der Waals surface area (Å²) < 4.78 is 4.91. The summed E-state index contributed by atoms with van der Waals surface area (Å²) in [5.74, 6) is -0.00106. The van der Waals surface area contributed by atoms with Gasteiger partial charge in [-0.25, -0.2) is 0 Å². The van der Waals surface area contributed by atoms with Gasteiger partial charge >= 0.3 is 0 Å². The Morgan fingerprint density at radius 2 is 2.12 bits per heavy atom. The van der Waals surface area contributed by atoms with E-state index in [0.717, 1.165) is 23.2 Å². The Labute approximate surface area is 102 Å². The number of carbonyl (C=O) groups is 1. The van der Waals surface area contributed by atoms with Crippen molar-refractivity contribution in [1.82, 2.24) is 0 Å². The Hall–Kier alpha value is -1.55. The van der Waals surface area contributed by atoms with Crippen molar-refractivity contribution in [2.45, 2.75) is 26.7 Å². The van der Waals surface area contributed by atoms with Crippen LogP contribution < -0.4 is 11.1 Å². The molecule has 3 N–H and O–H groups in total. The second-order valence-electron chi connectivity index (χ2n) is 4.12. The number of hydrogen-bond acceptors (Lipinski definition) is 3. The summed E-state index contributed by atoms with van der Waals surface area (Å²) in [6.45, 7) is 4.46. The Bertz CT molecular complexity index is 403. The highest BCUT2D eigenvalue weighted by molar-refractivity contribution is 5.93. The van der Waals surface area contributed by atoms with Crippen LogP contribution in [-0.2, 0) is 9.53 Å². The number of nitrogens with one attached hydrogen (secondary N) is 1. The first-order valence-electron chi connectivity index (χ1n) is 5.70. The average Bonchev–Trinajstić information content (AvgIpc) is 2.30. The minimum atomic E-state index is -0.00106. The first-order chi connectivity index (χ1) is 8.06. The number of carbonyl (C=O) groups excluding carboxylic acids is 1. The molecule has 0 aliphatic carbocycles. The number of nitrogens with two attached hydrogens (primary N) is 1. The third-order valence-electron chi connectivity index (χ3n) is 2.73. The van der Waals surface area contributed by atoms with E-state index in [1.54, 1.807) is 7.11 Å². The standard InChI is InChI=1S/C13H20N2O2/c1-9-6-7-11(14)10(2)13(9)15-12(16)5-4-8-17-3/h6-7H,4-5,8,14H2,1-3H3,(H,15,16). The fraction of sp³-hybridized carbons (Fsp3) is 0.462. The van der Waals surface area contributed by atoms with Gasteiger partial charge in [0.05, 0.1) is 0 Å². The highest BCUT2D eigenvalue weighted by Gasteiger charge is 2.09. The molecule has 0 aliphatic heterocycles. The predicted octanol–water partition coefficient (Wildman–Crippen LogP) is 2.25. The van der Waals surface area contributed by atoms with Crippen LogP contribution in [0.2, 0.25) is 0 Å². The quantitative estimate of drug-likeness (QED) is 0.608. The molecular formula is C13H20N2O2. The molecule has 17 heavy (non-hydrogen) atoms. The summed E-state index contributed by atoms with van der Waals surface area (Å²) in [6.07, 6.45) is 1.18. The molecule has 1 amide bonds. The zero-order chi connectivity index (χ0) is 12.8. The summed E-state index contributed by atoms with van der Waals surface area (Å²) in [5, 5.41) is 2.90. The van der Waals surface area contributed by atoms with E-state index in [2.05, 4.69) is 5.32 Å². The van der Waals surface area contributed by atoms with Gasteiger partial charge in [-0.2, -0.15) is 0 Å². The van der Waals surface area contributed by atoms with E-state index in [1.807, 2.05) is 26.0 Å². The number of amides is 1. The lowest BCUT2D eigenvalue weighted by molar-refractivity contribution is -0.116. The third-order valence-corrected chi connectivity index (χ3v) is 2.73. The molecule has 94 valence electrons. The number of nitrogen functional groups attached to an aromatic ring is 1. The lowest BCUT2D eigenvalue weighted by Crippen LogP contribution is -2.14. The van der Waals surface area contributed by atoms with Crippen molar-refractivity contribution >= 4 is 17.3 Å². The van der Waals surface area contributed by atoms with Crippen LogP contribution in [0.15, 0.2) is 12.1 Å². The molecule has 0 atom stereocenters. The average molecular weight is 236 g/mol. The molecular weight excluding hydrogens is 216 g/mol. The second-order valence-corrected chi connectivity index (χ2v) is 4.12. The lowest BCUT2D eigenvalue weighted by atomic mass is 10.1. The fourth-order valence-corrected chi connectivity index (χ4v) is 1.63. The van der Waals surface area contributed by atoms with Crippen molar-refractivity contribution < 1.29 is 9.53 Å². The van der Waals surface area contributed by atoms with E-state index in [4.69, 9.17) is 10.5 Å². The van der Waals surface area contributed by atoms with Gasteiger partial charge in [0.1, 0.15) is 0 Å². The molecule has 0 bridgehead atoms. The van der Waals surface area contributed by atoms with Crippen LogP contribution >= 0.6 is 0 Å². The number of rotatable bonds is 5. The molecule has 0 heterocycles. The van der Waals surface area contributed by atoms with Crippen molar-refractivity contribution in [1.29, 1.82) is 0 Å². The normalized spacial score (nSPS) is 10.3. The minimum absolute atomic E-state index is 0.00106. The molecule has 0 spiro atoms. The number of anilines is 2. The summed E-state index contributed by atoms with van der Waals surface area (Å²) in [4.78, 5) is 11.7. The molecule has 0 saturated heterocycles. The fourth-order valence-electron chi connectivity index (χ4n) is 1.63. The molecule has 1 rings (SSSR count). The molecule has 0 radical (unpaired) electrons. The number of methoxy groups -OCH3 is 1. The lowest BCUT2D eigenvalue weighted by Gasteiger charge is -2.13. The maximum Gasteiger partial charge on any atom is 0.224 e. The summed E-state index contributed by atoms with van der Waals surface area (Å²) in [5.41, 5.74) is 9.29. The van der Waals surface area contributed by atoms with Gasteiger partial charge in [0.15, 0.2) is 0 Å².